The van der Waals surface area contributed by atoms with Gasteiger partial charge in [0, 0.05) is 6.04 Å². The van der Waals surface area contributed by atoms with Gasteiger partial charge in [0.05, 0.1) is 0 Å². The molecule has 1 nitrogen and oxygen atoms in total. The molecule has 0 heterocycles. The molecule has 1 aromatic carbocycles. The summed E-state index contributed by atoms with van der Waals surface area (Å²) < 4.78 is 0. The summed E-state index contributed by atoms with van der Waals surface area (Å²) in [5.41, 5.74) is 2.85. The molecule has 0 amide bonds. The van der Waals surface area contributed by atoms with Crippen LogP contribution in [0.1, 0.15) is 50.2 Å². The molecule has 1 heteroatoms. The van der Waals surface area contributed by atoms with Crippen LogP contribution < -0.4 is 5.32 Å². The molecular weight excluding hydrogens is 218 g/mol. The number of nitrogens with one attached hydrogen (secondary N) is 1. The smallest absolute Gasteiger partial charge is 0.00954 e. The highest BCUT2D eigenvalue weighted by atomic mass is 14.9. The Kier molecular flexibility index (Phi) is 5.25. The van der Waals surface area contributed by atoms with Gasteiger partial charge in [-0.25, -0.2) is 0 Å². The lowest BCUT2D eigenvalue weighted by molar-refractivity contribution is 0.425. The summed E-state index contributed by atoms with van der Waals surface area (Å²) in [5, 5.41) is 3.73. The largest absolute Gasteiger partial charge is 0.314 e. The second-order valence-electron chi connectivity index (χ2n) is 5.78. The van der Waals surface area contributed by atoms with Crippen molar-refractivity contribution in [1.29, 1.82) is 0 Å². The van der Waals surface area contributed by atoms with Crippen molar-refractivity contribution in [2.75, 3.05) is 6.54 Å². The maximum Gasteiger partial charge on any atom is 0.00954 e. The van der Waals surface area contributed by atoms with E-state index in [1.165, 1.54) is 56.2 Å². The van der Waals surface area contributed by atoms with Crippen molar-refractivity contribution in [3.8, 4) is 0 Å². The van der Waals surface area contributed by atoms with Crippen molar-refractivity contribution in [1.82, 2.24) is 5.32 Å². The van der Waals surface area contributed by atoms with Gasteiger partial charge in [0.2, 0.25) is 0 Å². The molecule has 1 fully saturated rings. The third-order valence-electron chi connectivity index (χ3n) is 3.95. The van der Waals surface area contributed by atoms with E-state index in [1.807, 2.05) is 0 Å². The molecule has 1 aliphatic rings. The summed E-state index contributed by atoms with van der Waals surface area (Å²) in [6, 6.07) is 9.80. The molecule has 1 unspecified atom stereocenters. The first-order valence-electron chi connectivity index (χ1n) is 7.58. The van der Waals surface area contributed by atoms with Gasteiger partial charge < -0.3 is 5.32 Å². The standard InChI is InChI=1S/C17H27N/c1-3-13-18-17(16-11-12-16)6-4-5-15-9-7-14(2)8-10-15/h7-10,16-18H,3-6,11-13H2,1-2H3. The Labute approximate surface area is 112 Å². The van der Waals surface area contributed by atoms with E-state index >= 15 is 0 Å². The monoisotopic (exact) mass is 245 g/mol. The van der Waals surface area contributed by atoms with Crippen LogP contribution in [-0.2, 0) is 6.42 Å². The molecule has 0 aromatic heterocycles. The predicted octanol–water partition coefficient (Wildman–Crippen LogP) is 4.10. The Morgan fingerprint density at radius 2 is 1.94 bits per heavy atom. The van der Waals surface area contributed by atoms with Crippen LogP contribution in [-0.4, -0.2) is 12.6 Å². The molecule has 1 saturated carbocycles. The van der Waals surface area contributed by atoms with E-state index in [0.29, 0.717) is 0 Å². The van der Waals surface area contributed by atoms with Crippen LogP contribution in [0.4, 0.5) is 0 Å². The fraction of sp³-hybridized carbons (Fsp3) is 0.647. The van der Waals surface area contributed by atoms with Crippen LogP contribution in [0.25, 0.3) is 0 Å². The molecule has 1 atom stereocenters. The fourth-order valence-electron chi connectivity index (χ4n) is 2.61. The molecule has 0 radical (unpaired) electrons. The normalized spacial score (nSPS) is 16.8. The van der Waals surface area contributed by atoms with Gasteiger partial charge in [-0.2, -0.15) is 0 Å². The summed E-state index contributed by atoms with van der Waals surface area (Å²) in [6.07, 6.45) is 8.05. The van der Waals surface area contributed by atoms with E-state index in [-0.39, 0.29) is 0 Å². The van der Waals surface area contributed by atoms with Crippen molar-refractivity contribution in [2.45, 2.75) is 58.4 Å². The molecular formula is C17H27N. The van der Waals surface area contributed by atoms with Gasteiger partial charge in [0.15, 0.2) is 0 Å². The van der Waals surface area contributed by atoms with Gasteiger partial charge in [-0.1, -0.05) is 36.8 Å². The quantitative estimate of drug-likeness (QED) is 0.727. The zero-order valence-corrected chi connectivity index (χ0v) is 11.9. The van der Waals surface area contributed by atoms with Gasteiger partial charge in [0.1, 0.15) is 0 Å². The molecule has 0 aliphatic heterocycles. The van der Waals surface area contributed by atoms with E-state index in [1.54, 1.807) is 0 Å². The summed E-state index contributed by atoms with van der Waals surface area (Å²) in [7, 11) is 0. The molecule has 1 aliphatic carbocycles. The summed E-state index contributed by atoms with van der Waals surface area (Å²) in [4.78, 5) is 0. The Hall–Kier alpha value is -0.820. The van der Waals surface area contributed by atoms with E-state index in [0.717, 1.165) is 12.0 Å². The number of hydrogen-bond acceptors (Lipinski definition) is 1. The van der Waals surface area contributed by atoms with Crippen molar-refractivity contribution >= 4 is 0 Å². The lowest BCUT2D eigenvalue weighted by Gasteiger charge is -2.17. The Morgan fingerprint density at radius 3 is 2.56 bits per heavy atom. The van der Waals surface area contributed by atoms with Crippen LogP contribution >= 0.6 is 0 Å². The van der Waals surface area contributed by atoms with Crippen molar-refractivity contribution in [3.05, 3.63) is 35.4 Å². The molecule has 2 rings (SSSR count). The van der Waals surface area contributed by atoms with Crippen LogP contribution in [0.5, 0.6) is 0 Å². The third-order valence-corrected chi connectivity index (χ3v) is 3.95. The molecule has 0 saturated heterocycles. The third kappa shape index (κ3) is 4.45. The van der Waals surface area contributed by atoms with Crippen molar-refractivity contribution in [3.63, 3.8) is 0 Å². The average molecular weight is 245 g/mol. The lowest BCUT2D eigenvalue weighted by atomic mass is 10.0. The fourth-order valence-corrected chi connectivity index (χ4v) is 2.61. The highest BCUT2D eigenvalue weighted by Crippen LogP contribution is 2.34. The second-order valence-corrected chi connectivity index (χ2v) is 5.78. The van der Waals surface area contributed by atoms with E-state index in [2.05, 4.69) is 43.4 Å². The molecule has 100 valence electrons. The summed E-state index contributed by atoms with van der Waals surface area (Å²) in [5.74, 6) is 0.981. The predicted molar refractivity (Wildman–Crippen MR) is 78.9 cm³/mol. The number of rotatable bonds is 8. The minimum absolute atomic E-state index is 0.787. The molecule has 0 bridgehead atoms. The highest BCUT2D eigenvalue weighted by molar-refractivity contribution is 5.21. The van der Waals surface area contributed by atoms with Gasteiger partial charge in [-0.15, -0.1) is 0 Å². The average Bonchev–Trinajstić information content (AvgIpc) is 3.20. The molecule has 1 N–H and O–H groups in total. The molecule has 18 heavy (non-hydrogen) atoms. The maximum atomic E-state index is 3.73. The SMILES string of the molecule is CCCNC(CCCc1ccc(C)cc1)C1CC1. The van der Waals surface area contributed by atoms with Crippen LogP contribution in [0.2, 0.25) is 0 Å². The van der Waals surface area contributed by atoms with Crippen LogP contribution in [0.15, 0.2) is 24.3 Å². The van der Waals surface area contributed by atoms with E-state index in [9.17, 15) is 0 Å². The first-order valence-corrected chi connectivity index (χ1v) is 7.58. The van der Waals surface area contributed by atoms with Gasteiger partial charge in [0.25, 0.3) is 0 Å². The highest BCUT2D eigenvalue weighted by Gasteiger charge is 2.29. The van der Waals surface area contributed by atoms with Crippen molar-refractivity contribution in [2.24, 2.45) is 5.92 Å². The zero-order chi connectivity index (χ0) is 12.8. The van der Waals surface area contributed by atoms with Crippen molar-refractivity contribution < 1.29 is 0 Å². The minimum atomic E-state index is 0.787. The zero-order valence-electron chi connectivity index (χ0n) is 11.9. The molecule has 0 spiro atoms. The second kappa shape index (κ2) is 6.94. The Morgan fingerprint density at radius 1 is 1.22 bits per heavy atom. The summed E-state index contributed by atoms with van der Waals surface area (Å²) >= 11 is 0. The Bertz CT molecular complexity index is 337. The lowest BCUT2D eigenvalue weighted by Crippen LogP contribution is -2.31. The van der Waals surface area contributed by atoms with Gasteiger partial charge in [-0.05, 0) is 63.5 Å². The van der Waals surface area contributed by atoms with E-state index in [4.69, 9.17) is 0 Å². The molecule has 1 aromatic rings. The van der Waals surface area contributed by atoms with Gasteiger partial charge >= 0.3 is 0 Å². The first kappa shape index (κ1) is 13.6. The number of aryl methyl sites for hydroxylation is 2. The van der Waals surface area contributed by atoms with E-state index < -0.39 is 0 Å². The minimum Gasteiger partial charge on any atom is -0.314 e. The summed E-state index contributed by atoms with van der Waals surface area (Å²) in [6.45, 7) is 5.59. The Balaban J connectivity index is 1.70. The maximum absolute atomic E-state index is 3.73. The number of benzene rings is 1. The van der Waals surface area contributed by atoms with Gasteiger partial charge in [-0.3, -0.25) is 0 Å². The van der Waals surface area contributed by atoms with Crippen LogP contribution in [0.3, 0.4) is 0 Å². The number of hydrogen-bond donors (Lipinski definition) is 1. The van der Waals surface area contributed by atoms with Crippen LogP contribution in [0, 0.1) is 12.8 Å². The first-order chi connectivity index (χ1) is 8.79. The topological polar surface area (TPSA) is 12.0 Å².